The highest BCUT2D eigenvalue weighted by Gasteiger charge is 2.45. The quantitative estimate of drug-likeness (QED) is 0.205. The van der Waals surface area contributed by atoms with Crippen LogP contribution in [0.1, 0.15) is 52.9 Å². The predicted octanol–water partition coefficient (Wildman–Crippen LogP) is 0.188. The van der Waals surface area contributed by atoms with Crippen molar-refractivity contribution in [3.8, 4) is 0 Å². The van der Waals surface area contributed by atoms with Crippen molar-refractivity contribution >= 4 is 33.8 Å². The highest BCUT2D eigenvalue weighted by atomic mass is 32.2. The Hall–Kier alpha value is -2.71. The second-order valence-electron chi connectivity index (χ2n) is 11.2. The topological polar surface area (TPSA) is 183 Å². The molecule has 39 heavy (non-hydrogen) atoms. The number of nitrogens with zero attached hydrogens (tertiary/aromatic N) is 1. The molecule has 3 rings (SSSR count). The van der Waals surface area contributed by atoms with E-state index in [0.29, 0.717) is 19.3 Å². The van der Waals surface area contributed by atoms with E-state index in [1.807, 2.05) is 6.08 Å². The third kappa shape index (κ3) is 9.17. The molecule has 1 aliphatic heterocycles. The summed E-state index contributed by atoms with van der Waals surface area (Å²) in [5.74, 6) is -2.04. The number of sulfonamides is 1. The van der Waals surface area contributed by atoms with Gasteiger partial charge in [0.15, 0.2) is 0 Å². The number of nitrogens with two attached hydrogens (primary N) is 1. The van der Waals surface area contributed by atoms with Crippen LogP contribution in [0, 0.1) is 11.8 Å². The standard InChI is InChI=1S/C25H40N4O9S/c1-25(2,3)38-24(33)27-19(23(32)29-14-16(36-4)13-20(29)21(26)30)9-11-37-10-5-6-15-12-18(15)22(31)28-39(34,35)17-7-8-17/h5-6,15-20H,7-14H2,1-4H3,(H2,26,30)(H,27,33)(H,28,31)/b6-5-/t15-,16-,18+,19+,20+/m1/s1. The Balaban J connectivity index is 1.49. The first-order chi connectivity index (χ1) is 18.2. The zero-order valence-corrected chi connectivity index (χ0v) is 23.7. The Morgan fingerprint density at radius 3 is 2.44 bits per heavy atom. The fourth-order valence-electron chi connectivity index (χ4n) is 4.38. The van der Waals surface area contributed by atoms with Crippen molar-refractivity contribution in [2.45, 2.75) is 81.9 Å². The number of amides is 4. The van der Waals surface area contributed by atoms with Crippen molar-refractivity contribution in [2.24, 2.45) is 17.6 Å². The Labute approximate surface area is 229 Å². The number of methoxy groups -OCH3 is 1. The van der Waals surface area contributed by atoms with Crippen LogP contribution in [0.15, 0.2) is 12.2 Å². The lowest BCUT2D eigenvalue weighted by Gasteiger charge is -2.28. The second-order valence-corrected chi connectivity index (χ2v) is 13.2. The molecule has 1 heterocycles. The minimum absolute atomic E-state index is 0.0548. The number of allylic oxidation sites excluding steroid dienone is 1. The molecule has 3 fully saturated rings. The lowest BCUT2D eigenvalue weighted by Crippen LogP contribution is -2.53. The van der Waals surface area contributed by atoms with Gasteiger partial charge in [-0.15, -0.1) is 0 Å². The summed E-state index contributed by atoms with van der Waals surface area (Å²) in [6.45, 7) is 5.56. The van der Waals surface area contributed by atoms with Gasteiger partial charge in [-0.25, -0.2) is 13.2 Å². The molecule has 2 saturated carbocycles. The van der Waals surface area contributed by atoms with Crippen LogP contribution in [0.5, 0.6) is 0 Å². The van der Waals surface area contributed by atoms with E-state index in [4.69, 9.17) is 19.9 Å². The second kappa shape index (κ2) is 12.6. The van der Waals surface area contributed by atoms with Gasteiger partial charge in [0.25, 0.3) is 0 Å². The number of alkyl carbamates (subject to hydrolysis) is 1. The molecular weight excluding hydrogens is 532 g/mol. The van der Waals surface area contributed by atoms with Crippen molar-refractivity contribution in [1.29, 1.82) is 0 Å². The molecule has 3 aliphatic rings. The van der Waals surface area contributed by atoms with Crippen LogP contribution in [0.4, 0.5) is 4.79 Å². The fourth-order valence-corrected chi connectivity index (χ4v) is 5.73. The molecule has 14 heteroatoms. The van der Waals surface area contributed by atoms with E-state index in [-0.39, 0.29) is 50.5 Å². The first-order valence-electron chi connectivity index (χ1n) is 13.1. The molecule has 0 unspecified atom stereocenters. The average molecular weight is 573 g/mol. The molecule has 5 atom stereocenters. The number of nitrogens with one attached hydrogen (secondary N) is 2. The molecule has 1 saturated heterocycles. The van der Waals surface area contributed by atoms with Gasteiger partial charge in [-0.2, -0.15) is 0 Å². The number of likely N-dealkylation sites (tertiary alicyclic amines) is 1. The molecule has 220 valence electrons. The lowest BCUT2D eigenvalue weighted by molar-refractivity contribution is -0.139. The summed E-state index contributed by atoms with van der Waals surface area (Å²) in [7, 11) is -2.06. The van der Waals surface area contributed by atoms with E-state index >= 15 is 0 Å². The van der Waals surface area contributed by atoms with Gasteiger partial charge in [-0.1, -0.05) is 12.2 Å². The summed E-state index contributed by atoms with van der Waals surface area (Å²) in [5.41, 5.74) is 4.72. The van der Waals surface area contributed by atoms with E-state index in [9.17, 15) is 27.6 Å². The Morgan fingerprint density at radius 1 is 1.15 bits per heavy atom. The Morgan fingerprint density at radius 2 is 1.85 bits per heavy atom. The molecule has 0 aromatic rings. The molecule has 0 spiro atoms. The van der Waals surface area contributed by atoms with Crippen LogP contribution in [0.25, 0.3) is 0 Å². The number of hydrogen-bond donors (Lipinski definition) is 3. The molecule has 0 bridgehead atoms. The van der Waals surface area contributed by atoms with Gasteiger partial charge in [0.05, 0.1) is 18.0 Å². The molecule has 0 radical (unpaired) electrons. The number of rotatable bonds is 13. The van der Waals surface area contributed by atoms with Gasteiger partial charge in [-0.3, -0.25) is 19.1 Å². The SMILES string of the molecule is CO[C@@H]1C[C@@H](C(N)=O)N(C(=O)[C@H](CCOC/C=C\[C@@H]2C[C@@H]2C(=O)NS(=O)(=O)C2CC2)NC(=O)OC(C)(C)C)C1. The van der Waals surface area contributed by atoms with E-state index in [1.165, 1.54) is 12.0 Å². The summed E-state index contributed by atoms with van der Waals surface area (Å²) >= 11 is 0. The fraction of sp³-hybridized carbons (Fsp3) is 0.760. The number of carbonyl (C=O) groups is 4. The number of carbonyl (C=O) groups excluding carboxylic acids is 4. The van der Waals surface area contributed by atoms with Crippen LogP contribution in [0.2, 0.25) is 0 Å². The maximum atomic E-state index is 13.3. The van der Waals surface area contributed by atoms with Crippen molar-refractivity contribution in [3.05, 3.63) is 12.2 Å². The third-order valence-corrected chi connectivity index (χ3v) is 8.56. The summed E-state index contributed by atoms with van der Waals surface area (Å²) in [6.07, 6.45) is 4.54. The summed E-state index contributed by atoms with van der Waals surface area (Å²) < 4.78 is 42.2. The molecule has 0 aromatic carbocycles. The minimum Gasteiger partial charge on any atom is -0.444 e. The van der Waals surface area contributed by atoms with Crippen molar-refractivity contribution in [1.82, 2.24) is 14.9 Å². The van der Waals surface area contributed by atoms with E-state index < -0.39 is 56.8 Å². The summed E-state index contributed by atoms with van der Waals surface area (Å²) in [6, 6.07) is -1.87. The molecule has 4 N–H and O–H groups in total. The smallest absolute Gasteiger partial charge is 0.408 e. The number of hydrogen-bond acceptors (Lipinski definition) is 9. The van der Waals surface area contributed by atoms with Crippen LogP contribution in [-0.4, -0.2) is 93.0 Å². The van der Waals surface area contributed by atoms with E-state index in [0.717, 1.165) is 0 Å². The molecular formula is C25H40N4O9S. The van der Waals surface area contributed by atoms with Crippen molar-refractivity contribution in [3.63, 3.8) is 0 Å². The number of ether oxygens (including phenoxy) is 3. The highest BCUT2D eigenvalue weighted by molar-refractivity contribution is 7.90. The normalized spacial score (nSPS) is 25.8. The zero-order chi connectivity index (χ0) is 29.0. The molecule has 4 amide bonds. The van der Waals surface area contributed by atoms with Crippen LogP contribution >= 0.6 is 0 Å². The third-order valence-electron chi connectivity index (χ3n) is 6.73. The van der Waals surface area contributed by atoms with Crippen LogP contribution in [-0.2, 0) is 38.6 Å². The van der Waals surface area contributed by atoms with Gasteiger partial charge >= 0.3 is 6.09 Å². The van der Waals surface area contributed by atoms with E-state index in [2.05, 4.69) is 10.0 Å². The van der Waals surface area contributed by atoms with Crippen molar-refractivity contribution in [2.75, 3.05) is 26.9 Å². The maximum absolute atomic E-state index is 13.3. The van der Waals surface area contributed by atoms with Crippen LogP contribution in [0.3, 0.4) is 0 Å². The van der Waals surface area contributed by atoms with Gasteiger partial charge < -0.3 is 30.2 Å². The van der Waals surface area contributed by atoms with Crippen molar-refractivity contribution < 1.29 is 41.8 Å². The van der Waals surface area contributed by atoms with E-state index in [1.54, 1.807) is 26.8 Å². The monoisotopic (exact) mass is 572 g/mol. The lowest BCUT2D eigenvalue weighted by atomic mass is 10.1. The number of primary amides is 1. The highest BCUT2D eigenvalue weighted by Crippen LogP contribution is 2.40. The average Bonchev–Trinajstić information content (AvgIpc) is 3.75. The maximum Gasteiger partial charge on any atom is 0.408 e. The first kappa shape index (κ1) is 30.8. The zero-order valence-electron chi connectivity index (χ0n) is 22.9. The van der Waals surface area contributed by atoms with Gasteiger partial charge in [0.2, 0.25) is 27.7 Å². The van der Waals surface area contributed by atoms with Gasteiger partial charge in [0.1, 0.15) is 17.7 Å². The molecule has 2 aliphatic carbocycles. The molecule has 13 nitrogen and oxygen atoms in total. The minimum atomic E-state index is -3.55. The predicted molar refractivity (Wildman–Crippen MR) is 140 cm³/mol. The Kier molecular flexibility index (Phi) is 9.99. The summed E-state index contributed by atoms with van der Waals surface area (Å²) in [5, 5.41) is 2.13. The van der Waals surface area contributed by atoms with Gasteiger partial charge in [0, 0.05) is 39.0 Å². The van der Waals surface area contributed by atoms with Gasteiger partial charge in [-0.05, 0) is 46.0 Å². The van der Waals surface area contributed by atoms with Crippen LogP contribution < -0.4 is 15.8 Å². The first-order valence-corrected chi connectivity index (χ1v) is 14.7. The summed E-state index contributed by atoms with van der Waals surface area (Å²) in [4.78, 5) is 51.2. The largest absolute Gasteiger partial charge is 0.444 e. The molecule has 0 aromatic heterocycles. The Bertz CT molecular complexity index is 1070.